The van der Waals surface area contributed by atoms with Gasteiger partial charge in [0.25, 0.3) is 0 Å². The molecule has 0 bridgehead atoms. The van der Waals surface area contributed by atoms with E-state index in [4.69, 9.17) is 16.2 Å². The summed E-state index contributed by atoms with van der Waals surface area (Å²) in [6, 6.07) is 1.72. The van der Waals surface area contributed by atoms with E-state index in [9.17, 15) is 0 Å². The van der Waals surface area contributed by atoms with Crippen LogP contribution >= 0.6 is 11.8 Å². The van der Waals surface area contributed by atoms with E-state index >= 15 is 0 Å². The van der Waals surface area contributed by atoms with Gasteiger partial charge in [-0.3, -0.25) is 0 Å². The fourth-order valence-corrected chi connectivity index (χ4v) is 2.06. The normalized spacial score (nSPS) is 10.4. The van der Waals surface area contributed by atoms with Gasteiger partial charge in [-0.2, -0.15) is 15.0 Å². The second-order valence-electron chi connectivity index (χ2n) is 3.92. The van der Waals surface area contributed by atoms with Gasteiger partial charge in [0, 0.05) is 13.1 Å². The maximum Gasteiger partial charge on any atom is 0.322 e. The standard InChI is InChI=1S/C11H16N8OS/c1-3-4-20-9-17-8(14-2)18-11(19-9)21-10-15-6(12)5-7(13)16-10/h5H,3-4H2,1-2H3,(H4,12,13,15,16)(H,14,17,18,19). The zero-order chi connectivity index (χ0) is 15.2. The molecule has 0 atom stereocenters. The minimum absolute atomic E-state index is 0.246. The number of anilines is 3. The summed E-state index contributed by atoms with van der Waals surface area (Å²) in [7, 11) is 1.71. The topological polar surface area (TPSA) is 138 Å². The highest BCUT2D eigenvalue weighted by Crippen LogP contribution is 2.24. The Morgan fingerprint density at radius 3 is 2.38 bits per heavy atom. The molecular weight excluding hydrogens is 292 g/mol. The zero-order valence-corrected chi connectivity index (χ0v) is 12.5. The van der Waals surface area contributed by atoms with Crippen LogP contribution in [0.3, 0.4) is 0 Å². The Bertz CT molecular complexity index is 603. The van der Waals surface area contributed by atoms with Crippen LogP contribution < -0.4 is 21.5 Å². The molecule has 2 heterocycles. The minimum Gasteiger partial charge on any atom is -0.463 e. The summed E-state index contributed by atoms with van der Waals surface area (Å²) in [4.78, 5) is 20.6. The maximum absolute atomic E-state index is 5.63. The van der Waals surface area contributed by atoms with Crippen molar-refractivity contribution in [1.29, 1.82) is 0 Å². The summed E-state index contributed by atoms with van der Waals surface area (Å²) in [6.07, 6.45) is 0.859. The predicted octanol–water partition coefficient (Wildman–Crippen LogP) is 0.808. The Morgan fingerprint density at radius 1 is 1.10 bits per heavy atom. The van der Waals surface area contributed by atoms with Crippen LogP contribution in [0.25, 0.3) is 0 Å². The molecule has 10 heteroatoms. The predicted molar refractivity (Wildman–Crippen MR) is 80.1 cm³/mol. The molecule has 0 unspecified atom stereocenters. The maximum atomic E-state index is 5.63. The first-order valence-corrected chi connectivity index (χ1v) is 7.07. The highest BCUT2D eigenvalue weighted by atomic mass is 32.2. The SMILES string of the molecule is CCCOc1nc(NC)nc(Sc2nc(N)cc(N)n2)n1. The number of nitrogen functional groups attached to an aromatic ring is 2. The van der Waals surface area contributed by atoms with Gasteiger partial charge in [-0.25, -0.2) is 9.97 Å². The molecule has 112 valence electrons. The lowest BCUT2D eigenvalue weighted by Crippen LogP contribution is -2.06. The molecule has 21 heavy (non-hydrogen) atoms. The van der Waals surface area contributed by atoms with Gasteiger partial charge in [0.2, 0.25) is 11.1 Å². The number of aromatic nitrogens is 5. The van der Waals surface area contributed by atoms with Crippen LogP contribution in [0.5, 0.6) is 6.01 Å². The van der Waals surface area contributed by atoms with Gasteiger partial charge in [-0.05, 0) is 18.2 Å². The average molecular weight is 308 g/mol. The van der Waals surface area contributed by atoms with Crippen LogP contribution in [0, 0.1) is 0 Å². The lowest BCUT2D eigenvalue weighted by molar-refractivity contribution is 0.288. The number of hydrogen-bond donors (Lipinski definition) is 3. The number of rotatable bonds is 6. The van der Waals surface area contributed by atoms with E-state index in [2.05, 4.69) is 30.2 Å². The Labute approximate surface area is 126 Å². The van der Waals surface area contributed by atoms with E-state index < -0.39 is 0 Å². The molecule has 0 saturated carbocycles. The van der Waals surface area contributed by atoms with E-state index in [0.717, 1.165) is 18.2 Å². The molecule has 0 aliphatic carbocycles. The highest BCUT2D eigenvalue weighted by molar-refractivity contribution is 7.99. The summed E-state index contributed by atoms with van der Waals surface area (Å²) in [5.41, 5.74) is 11.3. The summed E-state index contributed by atoms with van der Waals surface area (Å²) in [5, 5.41) is 3.60. The first kappa shape index (κ1) is 15.0. The van der Waals surface area contributed by atoms with Crippen LogP contribution in [0.1, 0.15) is 13.3 Å². The highest BCUT2D eigenvalue weighted by Gasteiger charge is 2.11. The van der Waals surface area contributed by atoms with E-state index in [0.29, 0.717) is 22.9 Å². The third-order valence-electron chi connectivity index (χ3n) is 2.18. The smallest absolute Gasteiger partial charge is 0.322 e. The largest absolute Gasteiger partial charge is 0.463 e. The second kappa shape index (κ2) is 6.88. The Balaban J connectivity index is 2.25. The summed E-state index contributed by atoms with van der Waals surface area (Å²) in [6.45, 7) is 2.53. The van der Waals surface area contributed by atoms with E-state index in [1.54, 1.807) is 7.05 Å². The summed E-state index contributed by atoms with van der Waals surface area (Å²) in [5.74, 6) is 0.973. The molecule has 2 aromatic rings. The molecule has 0 spiro atoms. The Hall–Kier alpha value is -2.36. The lowest BCUT2D eigenvalue weighted by Gasteiger charge is -2.07. The average Bonchev–Trinajstić information content (AvgIpc) is 2.43. The van der Waals surface area contributed by atoms with Crippen molar-refractivity contribution in [2.24, 2.45) is 0 Å². The fourth-order valence-electron chi connectivity index (χ4n) is 1.34. The van der Waals surface area contributed by atoms with E-state index in [1.165, 1.54) is 6.07 Å². The van der Waals surface area contributed by atoms with Gasteiger partial charge in [0.1, 0.15) is 11.6 Å². The quantitative estimate of drug-likeness (QED) is 0.657. The first-order chi connectivity index (χ1) is 10.1. The van der Waals surface area contributed by atoms with Crippen molar-refractivity contribution in [3.8, 4) is 6.01 Å². The van der Waals surface area contributed by atoms with Crippen molar-refractivity contribution in [1.82, 2.24) is 24.9 Å². The Kier molecular flexibility index (Phi) is 4.93. The van der Waals surface area contributed by atoms with Crippen molar-refractivity contribution < 1.29 is 4.74 Å². The molecule has 5 N–H and O–H groups in total. The van der Waals surface area contributed by atoms with Gasteiger partial charge >= 0.3 is 6.01 Å². The van der Waals surface area contributed by atoms with Crippen LogP contribution in [0.4, 0.5) is 17.6 Å². The van der Waals surface area contributed by atoms with Crippen molar-refractivity contribution in [2.45, 2.75) is 23.7 Å². The first-order valence-electron chi connectivity index (χ1n) is 6.25. The van der Waals surface area contributed by atoms with Crippen LogP contribution in [0.2, 0.25) is 0 Å². The molecule has 0 fully saturated rings. The molecule has 9 nitrogen and oxygen atoms in total. The molecular formula is C11H16N8OS. The third kappa shape index (κ3) is 4.31. The Morgan fingerprint density at radius 2 is 1.76 bits per heavy atom. The molecule has 0 radical (unpaired) electrons. The summed E-state index contributed by atoms with van der Waals surface area (Å²) >= 11 is 1.13. The molecule has 2 rings (SSSR count). The number of nitrogens with zero attached hydrogens (tertiary/aromatic N) is 5. The lowest BCUT2D eigenvalue weighted by atomic mass is 10.5. The molecule has 2 aromatic heterocycles. The number of ether oxygens (including phenoxy) is 1. The second-order valence-corrected chi connectivity index (χ2v) is 4.86. The van der Waals surface area contributed by atoms with Gasteiger partial charge in [-0.1, -0.05) is 6.92 Å². The van der Waals surface area contributed by atoms with Gasteiger partial charge < -0.3 is 21.5 Å². The van der Waals surface area contributed by atoms with Crippen LogP contribution in [-0.2, 0) is 0 Å². The van der Waals surface area contributed by atoms with Crippen LogP contribution in [-0.4, -0.2) is 38.6 Å². The molecule has 0 amide bonds. The van der Waals surface area contributed by atoms with E-state index in [1.807, 2.05) is 6.92 Å². The van der Waals surface area contributed by atoms with Gasteiger partial charge in [0.15, 0.2) is 5.16 Å². The number of nitrogens with two attached hydrogens (primary N) is 2. The third-order valence-corrected chi connectivity index (χ3v) is 2.91. The minimum atomic E-state index is 0.246. The zero-order valence-electron chi connectivity index (χ0n) is 11.7. The monoisotopic (exact) mass is 308 g/mol. The molecule has 0 saturated heterocycles. The number of hydrogen-bond acceptors (Lipinski definition) is 10. The van der Waals surface area contributed by atoms with Crippen molar-refractivity contribution in [3.05, 3.63) is 6.07 Å². The van der Waals surface area contributed by atoms with Crippen LogP contribution in [0.15, 0.2) is 16.4 Å². The van der Waals surface area contributed by atoms with E-state index in [-0.39, 0.29) is 17.6 Å². The van der Waals surface area contributed by atoms with Crippen molar-refractivity contribution in [3.63, 3.8) is 0 Å². The molecule has 0 aliphatic rings. The van der Waals surface area contributed by atoms with Crippen molar-refractivity contribution in [2.75, 3.05) is 30.4 Å². The molecule has 0 aromatic carbocycles. The van der Waals surface area contributed by atoms with Crippen molar-refractivity contribution >= 4 is 29.3 Å². The van der Waals surface area contributed by atoms with Gasteiger partial charge in [0.05, 0.1) is 6.61 Å². The fraction of sp³-hybridized carbons (Fsp3) is 0.364. The molecule has 0 aliphatic heterocycles. The van der Waals surface area contributed by atoms with Gasteiger partial charge in [-0.15, -0.1) is 0 Å². The summed E-state index contributed by atoms with van der Waals surface area (Å²) < 4.78 is 5.42. The number of nitrogens with one attached hydrogen (secondary N) is 1.